The zero-order valence-electron chi connectivity index (χ0n) is 30.0. The number of unbranched alkanes of at least 4 members (excludes halogenated alkanes) is 2. The van der Waals surface area contributed by atoms with Crippen LogP contribution >= 0.6 is 0 Å². The van der Waals surface area contributed by atoms with Crippen LogP contribution in [0.2, 0.25) is 0 Å². The van der Waals surface area contributed by atoms with E-state index in [0.29, 0.717) is 23.7 Å². The van der Waals surface area contributed by atoms with Gasteiger partial charge in [0.05, 0.1) is 11.0 Å². The molecule has 46 heavy (non-hydrogen) atoms. The summed E-state index contributed by atoms with van der Waals surface area (Å²) in [5, 5.41) is 16.0. The Hall–Kier alpha value is -1.66. The quantitative estimate of drug-likeness (QED) is 0.0964. The van der Waals surface area contributed by atoms with Crippen LogP contribution in [-0.2, 0) is 10.0 Å². The Bertz CT molecular complexity index is 1350. The molecule has 3 fully saturated rings. The molecule has 0 aliphatic heterocycles. The van der Waals surface area contributed by atoms with E-state index in [4.69, 9.17) is 5.10 Å². The van der Waals surface area contributed by atoms with Crippen molar-refractivity contribution in [3.05, 3.63) is 41.5 Å². The summed E-state index contributed by atoms with van der Waals surface area (Å²) in [6.45, 7) is 16.5. The van der Waals surface area contributed by atoms with Crippen LogP contribution in [0, 0.1) is 59.2 Å². The second-order valence-electron chi connectivity index (χ2n) is 16.8. The molecule has 1 aromatic carbocycles. The molecule has 0 bridgehead atoms. The third kappa shape index (κ3) is 7.05. The molecule has 0 radical (unpaired) electrons. The Morgan fingerprint density at radius 1 is 1.02 bits per heavy atom. The number of benzene rings is 1. The summed E-state index contributed by atoms with van der Waals surface area (Å²) in [5.41, 5.74) is 3.67. The van der Waals surface area contributed by atoms with Gasteiger partial charge in [-0.1, -0.05) is 103 Å². The lowest BCUT2D eigenvalue weighted by Gasteiger charge is -2.60. The second-order valence-corrected chi connectivity index (χ2v) is 18.4. The van der Waals surface area contributed by atoms with Crippen molar-refractivity contribution in [3.8, 4) is 0 Å². The number of aliphatic hydroxyl groups excluding tert-OH is 1. The molecule has 0 saturated heterocycles. The van der Waals surface area contributed by atoms with Gasteiger partial charge in [-0.25, -0.2) is 4.83 Å². The van der Waals surface area contributed by atoms with Crippen molar-refractivity contribution in [2.45, 2.75) is 149 Å². The topological polar surface area (TPSA) is 78.8 Å². The number of aryl methyl sites for hydroxylation is 1. The van der Waals surface area contributed by atoms with Gasteiger partial charge < -0.3 is 5.11 Å². The van der Waals surface area contributed by atoms with Crippen molar-refractivity contribution in [2.24, 2.45) is 57.4 Å². The second kappa shape index (κ2) is 14.4. The molecule has 5 nitrogen and oxygen atoms in total. The maximum atomic E-state index is 13.4. The van der Waals surface area contributed by atoms with Gasteiger partial charge in [-0.3, -0.25) is 0 Å². The van der Waals surface area contributed by atoms with Crippen molar-refractivity contribution in [1.29, 1.82) is 0 Å². The number of rotatable bonds is 13. The molecule has 258 valence electrons. The molecule has 0 heterocycles. The van der Waals surface area contributed by atoms with Gasteiger partial charge in [0.25, 0.3) is 10.0 Å². The maximum Gasteiger partial charge on any atom is 0.276 e. The van der Waals surface area contributed by atoms with Gasteiger partial charge in [-0.2, -0.15) is 13.5 Å². The molecule has 2 N–H and O–H groups in total. The van der Waals surface area contributed by atoms with Crippen LogP contribution < -0.4 is 4.83 Å². The summed E-state index contributed by atoms with van der Waals surface area (Å²) in [6, 6.07) is 6.96. The Morgan fingerprint density at radius 2 is 1.76 bits per heavy atom. The van der Waals surface area contributed by atoms with Crippen LogP contribution in [-0.4, -0.2) is 25.3 Å². The fraction of sp³-hybridized carbons (Fsp3) is 0.775. The van der Waals surface area contributed by atoms with Crippen LogP contribution in [0.3, 0.4) is 0 Å². The summed E-state index contributed by atoms with van der Waals surface area (Å²) in [4.78, 5) is 2.90. The lowest BCUT2D eigenvalue weighted by molar-refractivity contribution is -0.0678. The average molecular weight is 653 g/mol. The number of sulfonamides is 1. The molecule has 4 aliphatic carbocycles. The third-order valence-electron chi connectivity index (χ3n) is 13.5. The van der Waals surface area contributed by atoms with E-state index < -0.39 is 16.1 Å². The minimum atomic E-state index is -3.79. The SMILES string of the molecule is CCCCCC(=NNS(=O)(=O)c1ccc(C)cc1)C1C[C@H](O)CC2=CC[C@H]3[C@@H]4CC[C@H]([C@H](C)CCCC(C)C)[C@@]4(C)CC[C@@H]3[C@]21C. The Kier molecular flexibility index (Phi) is 11.2. The van der Waals surface area contributed by atoms with E-state index in [0.717, 1.165) is 73.5 Å². The predicted molar refractivity (Wildman–Crippen MR) is 191 cm³/mol. The van der Waals surface area contributed by atoms with E-state index in [1.54, 1.807) is 12.1 Å². The summed E-state index contributed by atoms with van der Waals surface area (Å²) in [7, 11) is -3.79. The zero-order chi connectivity index (χ0) is 33.3. The molecule has 6 heteroatoms. The first-order valence-corrected chi connectivity index (χ1v) is 20.3. The Labute approximate surface area is 281 Å². The summed E-state index contributed by atoms with van der Waals surface area (Å²) in [5.74, 6) is 4.36. The fourth-order valence-corrected chi connectivity index (χ4v) is 11.8. The largest absolute Gasteiger partial charge is 0.393 e. The molecule has 4 aliphatic rings. The van der Waals surface area contributed by atoms with Gasteiger partial charge in [-0.05, 0) is 123 Å². The van der Waals surface area contributed by atoms with E-state index >= 15 is 0 Å². The van der Waals surface area contributed by atoms with Gasteiger partial charge in [-0.15, -0.1) is 0 Å². The minimum absolute atomic E-state index is 0.0318. The van der Waals surface area contributed by atoms with Crippen LogP contribution in [0.1, 0.15) is 137 Å². The number of hydrazone groups is 1. The predicted octanol–water partition coefficient (Wildman–Crippen LogP) is 9.84. The van der Waals surface area contributed by atoms with Crippen LogP contribution in [0.15, 0.2) is 45.9 Å². The smallest absolute Gasteiger partial charge is 0.276 e. The molecule has 0 amide bonds. The molecule has 0 aromatic heterocycles. The van der Waals surface area contributed by atoms with Crippen LogP contribution in [0.4, 0.5) is 0 Å². The van der Waals surface area contributed by atoms with Crippen molar-refractivity contribution < 1.29 is 13.5 Å². The average Bonchev–Trinajstić information content (AvgIpc) is 3.36. The first-order valence-electron chi connectivity index (χ1n) is 18.8. The first-order chi connectivity index (χ1) is 21.8. The van der Waals surface area contributed by atoms with Crippen molar-refractivity contribution in [1.82, 2.24) is 4.83 Å². The van der Waals surface area contributed by atoms with Crippen molar-refractivity contribution >= 4 is 15.7 Å². The summed E-state index contributed by atoms with van der Waals surface area (Å²) < 4.78 is 26.8. The molecule has 0 spiro atoms. The number of nitrogens with zero attached hydrogens (tertiary/aromatic N) is 1. The number of hydrogen-bond donors (Lipinski definition) is 2. The van der Waals surface area contributed by atoms with Crippen LogP contribution in [0.5, 0.6) is 0 Å². The number of fused-ring (bicyclic) bond motifs is 5. The van der Waals surface area contributed by atoms with Crippen LogP contribution in [0.25, 0.3) is 0 Å². The van der Waals surface area contributed by atoms with Crippen molar-refractivity contribution in [3.63, 3.8) is 0 Å². The van der Waals surface area contributed by atoms with Gasteiger partial charge in [0, 0.05) is 11.6 Å². The number of nitrogens with one attached hydrogen (secondary N) is 1. The molecule has 5 rings (SSSR count). The highest BCUT2D eigenvalue weighted by Crippen LogP contribution is 2.68. The van der Waals surface area contributed by atoms with E-state index in [9.17, 15) is 13.5 Å². The standard InChI is InChI=1S/C40H64N2O3S/c1-8-9-10-14-38(41-42-46(44,45)32-18-15-28(4)16-19-32)37-26-31(43)25-30-17-20-33-35-22-21-34(29(5)13-11-12-27(2)3)39(35,6)24-23-36(33)40(30,37)7/h15-19,27,29,31,33-37,42-43H,8-14,20-26H2,1-7H3/t29-,31-,33+,34-,35+,36+,37?,39-,40+/m1/s1. The van der Waals surface area contributed by atoms with E-state index in [-0.39, 0.29) is 16.2 Å². The lowest BCUT2D eigenvalue weighted by atomic mass is 9.44. The number of hydrogen-bond acceptors (Lipinski definition) is 4. The Morgan fingerprint density at radius 3 is 2.46 bits per heavy atom. The van der Waals surface area contributed by atoms with Crippen molar-refractivity contribution in [2.75, 3.05) is 0 Å². The number of aliphatic hydroxyl groups is 1. The first kappa shape index (κ1) is 35.6. The molecular formula is C40H64N2O3S. The van der Waals surface area contributed by atoms with E-state index in [1.165, 1.54) is 50.5 Å². The summed E-state index contributed by atoms with van der Waals surface area (Å²) >= 11 is 0. The monoisotopic (exact) mass is 652 g/mol. The van der Waals surface area contributed by atoms with Gasteiger partial charge in [0.15, 0.2) is 0 Å². The highest BCUT2D eigenvalue weighted by Gasteiger charge is 2.61. The van der Waals surface area contributed by atoms with Gasteiger partial charge in [0.2, 0.25) is 0 Å². The number of allylic oxidation sites excluding steroid dienone is 1. The van der Waals surface area contributed by atoms with E-state index in [2.05, 4.69) is 52.4 Å². The zero-order valence-corrected chi connectivity index (χ0v) is 30.8. The van der Waals surface area contributed by atoms with Gasteiger partial charge in [0.1, 0.15) is 0 Å². The molecule has 9 atom stereocenters. The highest BCUT2D eigenvalue weighted by atomic mass is 32.2. The normalized spacial score (nSPS) is 35.2. The molecular weight excluding hydrogens is 589 g/mol. The Balaban J connectivity index is 1.43. The third-order valence-corrected chi connectivity index (χ3v) is 14.7. The fourth-order valence-electron chi connectivity index (χ4n) is 11.0. The lowest BCUT2D eigenvalue weighted by Crippen LogP contribution is -2.55. The minimum Gasteiger partial charge on any atom is -0.393 e. The summed E-state index contributed by atoms with van der Waals surface area (Å²) in [6.07, 6.45) is 17.8. The molecule has 1 aromatic rings. The maximum absolute atomic E-state index is 13.4. The molecule has 3 saturated carbocycles. The van der Waals surface area contributed by atoms with Gasteiger partial charge >= 0.3 is 0 Å². The highest BCUT2D eigenvalue weighted by molar-refractivity contribution is 7.89. The van der Waals surface area contributed by atoms with E-state index in [1.807, 2.05) is 19.1 Å². The molecule has 1 unspecified atom stereocenters.